The summed E-state index contributed by atoms with van der Waals surface area (Å²) in [4.78, 5) is 34.1. The van der Waals surface area contributed by atoms with Gasteiger partial charge in [-0.15, -0.1) is 0 Å². The summed E-state index contributed by atoms with van der Waals surface area (Å²) in [5.41, 5.74) is 0.866. The van der Waals surface area contributed by atoms with Gasteiger partial charge in [0.05, 0.1) is 0 Å². The van der Waals surface area contributed by atoms with Gasteiger partial charge in [-0.1, -0.05) is 0 Å². The Balaban J connectivity index is 1.33. The number of thioether (sulfide) groups is 1. The number of fused-ring (bicyclic) bond motifs is 4. The maximum absolute atomic E-state index is 12.9. The first kappa shape index (κ1) is 18.9. The lowest BCUT2D eigenvalue weighted by Crippen LogP contribution is -2.62. The molecular formula is C21H26N4O3S. The van der Waals surface area contributed by atoms with Gasteiger partial charge in [0.25, 0.3) is 11.8 Å². The third-order valence-corrected chi connectivity index (χ3v) is 7.56. The van der Waals surface area contributed by atoms with Gasteiger partial charge in [0, 0.05) is 54.3 Å². The van der Waals surface area contributed by atoms with Crippen LogP contribution in [0, 0.1) is 5.92 Å². The lowest BCUT2D eigenvalue weighted by molar-refractivity contribution is 0.0216. The number of piperidine rings is 3. The van der Waals surface area contributed by atoms with Crippen LogP contribution in [0.3, 0.4) is 0 Å². The fraction of sp³-hybridized carbons (Fsp3) is 0.571. The van der Waals surface area contributed by atoms with Gasteiger partial charge in [0.15, 0.2) is 5.76 Å². The zero-order chi connectivity index (χ0) is 20.0. The first-order valence-corrected chi connectivity index (χ1v) is 11.6. The van der Waals surface area contributed by atoms with Crippen LogP contribution in [0.25, 0.3) is 11.0 Å². The summed E-state index contributed by atoms with van der Waals surface area (Å²) >= 11 is 1.86. The molecule has 4 aliphatic heterocycles. The van der Waals surface area contributed by atoms with E-state index in [1.54, 1.807) is 18.3 Å². The third-order valence-electron chi connectivity index (χ3n) is 6.62. The van der Waals surface area contributed by atoms with Crippen molar-refractivity contribution in [1.82, 2.24) is 20.1 Å². The first-order valence-electron chi connectivity index (χ1n) is 10.4. The van der Waals surface area contributed by atoms with Crippen molar-refractivity contribution in [1.29, 1.82) is 0 Å². The molecule has 2 aromatic heterocycles. The first-order chi connectivity index (χ1) is 14.1. The van der Waals surface area contributed by atoms with Crippen molar-refractivity contribution in [3.05, 3.63) is 29.8 Å². The van der Waals surface area contributed by atoms with Gasteiger partial charge in [-0.3, -0.25) is 19.5 Å². The van der Waals surface area contributed by atoms with E-state index in [1.165, 1.54) is 0 Å². The van der Waals surface area contributed by atoms with E-state index < -0.39 is 0 Å². The van der Waals surface area contributed by atoms with Crippen LogP contribution in [0.2, 0.25) is 0 Å². The Hall–Kier alpha value is -2.06. The second kappa shape index (κ2) is 7.65. The van der Waals surface area contributed by atoms with Crippen molar-refractivity contribution in [2.24, 2.45) is 5.92 Å². The summed E-state index contributed by atoms with van der Waals surface area (Å²) in [6.45, 7) is 5.92. The molecule has 0 spiro atoms. The van der Waals surface area contributed by atoms with Crippen LogP contribution in [0.5, 0.6) is 0 Å². The largest absolute Gasteiger partial charge is 0.451 e. The zero-order valence-electron chi connectivity index (χ0n) is 16.6. The van der Waals surface area contributed by atoms with E-state index in [0.29, 0.717) is 29.0 Å². The van der Waals surface area contributed by atoms with Crippen LogP contribution in [-0.2, 0) is 0 Å². The molecule has 2 bridgehead atoms. The molecule has 8 heteroatoms. The number of furan rings is 1. The fourth-order valence-electron chi connectivity index (χ4n) is 4.86. The maximum atomic E-state index is 12.9. The van der Waals surface area contributed by atoms with Crippen molar-refractivity contribution in [2.45, 2.75) is 31.8 Å². The highest BCUT2D eigenvalue weighted by atomic mass is 32.2. The molecule has 29 heavy (non-hydrogen) atoms. The number of nitrogens with one attached hydrogen (secondary N) is 1. The molecule has 1 N–H and O–H groups in total. The number of carbonyl (C=O) groups is 2. The van der Waals surface area contributed by atoms with Crippen molar-refractivity contribution in [3.8, 4) is 0 Å². The highest BCUT2D eigenvalue weighted by Gasteiger charge is 2.40. The minimum Gasteiger partial charge on any atom is -0.451 e. The average Bonchev–Trinajstić information content (AvgIpc) is 3.20. The van der Waals surface area contributed by atoms with Gasteiger partial charge >= 0.3 is 0 Å². The van der Waals surface area contributed by atoms with E-state index in [1.807, 2.05) is 16.7 Å². The molecule has 0 saturated carbocycles. The van der Waals surface area contributed by atoms with Crippen molar-refractivity contribution >= 4 is 34.5 Å². The van der Waals surface area contributed by atoms with Crippen LogP contribution in [0.15, 0.2) is 22.7 Å². The number of carbonyl (C=O) groups excluding carboxylic acids is 2. The highest BCUT2D eigenvalue weighted by molar-refractivity contribution is 7.99. The predicted molar refractivity (Wildman–Crippen MR) is 112 cm³/mol. The number of rotatable bonds is 3. The molecule has 0 radical (unpaired) electrons. The van der Waals surface area contributed by atoms with E-state index in [4.69, 9.17) is 4.42 Å². The van der Waals surface area contributed by atoms with E-state index in [0.717, 1.165) is 55.9 Å². The summed E-state index contributed by atoms with van der Waals surface area (Å²) in [5.74, 6) is 2.50. The number of nitrogens with zero attached hydrogens (tertiary/aromatic N) is 3. The predicted octanol–water partition coefficient (Wildman–Crippen LogP) is 2.23. The van der Waals surface area contributed by atoms with E-state index in [-0.39, 0.29) is 17.9 Å². The highest BCUT2D eigenvalue weighted by Crippen LogP contribution is 2.32. The molecular weight excluding hydrogens is 388 g/mol. The van der Waals surface area contributed by atoms with Gasteiger partial charge in [0.2, 0.25) is 0 Å². The summed E-state index contributed by atoms with van der Waals surface area (Å²) < 4.78 is 5.81. The van der Waals surface area contributed by atoms with Crippen LogP contribution in [0.4, 0.5) is 0 Å². The van der Waals surface area contributed by atoms with Gasteiger partial charge in [-0.05, 0) is 44.8 Å². The van der Waals surface area contributed by atoms with E-state index >= 15 is 0 Å². The molecule has 7 nitrogen and oxygen atoms in total. The number of hydrogen-bond acceptors (Lipinski definition) is 6. The Morgan fingerprint density at radius 3 is 2.66 bits per heavy atom. The van der Waals surface area contributed by atoms with Crippen LogP contribution < -0.4 is 5.32 Å². The molecule has 2 atom stereocenters. The molecule has 154 valence electrons. The molecule has 0 aromatic carbocycles. The van der Waals surface area contributed by atoms with E-state index in [2.05, 4.69) is 22.1 Å². The average molecular weight is 415 g/mol. The zero-order valence-corrected chi connectivity index (χ0v) is 17.4. The number of aromatic nitrogens is 1. The fourth-order valence-corrected chi connectivity index (χ4v) is 5.76. The Morgan fingerprint density at radius 1 is 1.17 bits per heavy atom. The summed E-state index contributed by atoms with van der Waals surface area (Å²) in [6, 6.07) is 3.89. The monoisotopic (exact) mass is 414 g/mol. The Morgan fingerprint density at radius 2 is 1.93 bits per heavy atom. The number of hydrogen-bond donors (Lipinski definition) is 1. The topological polar surface area (TPSA) is 78.7 Å². The Labute approximate surface area is 174 Å². The smallest absolute Gasteiger partial charge is 0.289 e. The summed E-state index contributed by atoms with van der Waals surface area (Å²) in [6.07, 6.45) is 3.90. The second-order valence-corrected chi connectivity index (χ2v) is 9.46. The molecule has 0 aliphatic carbocycles. The minimum atomic E-state index is -0.171. The molecule has 0 unspecified atom stereocenters. The van der Waals surface area contributed by atoms with Gasteiger partial charge in [-0.25, -0.2) is 0 Å². The SMILES string of the molecule is C[C@H]1[C@H](NC(=O)c2cc3oc(C(=O)N4CCSCC4)cc3cn2)C2CCN1CC2. The minimum absolute atomic E-state index is 0.0893. The van der Waals surface area contributed by atoms with Crippen molar-refractivity contribution in [3.63, 3.8) is 0 Å². The summed E-state index contributed by atoms with van der Waals surface area (Å²) in [7, 11) is 0. The molecule has 4 aliphatic rings. The second-order valence-electron chi connectivity index (χ2n) is 8.24. The van der Waals surface area contributed by atoms with E-state index in [9.17, 15) is 9.59 Å². The molecule has 4 fully saturated rings. The lowest BCUT2D eigenvalue weighted by atomic mass is 9.79. The van der Waals surface area contributed by atoms with Gasteiger partial charge in [0.1, 0.15) is 11.3 Å². The van der Waals surface area contributed by atoms with Crippen molar-refractivity contribution < 1.29 is 14.0 Å². The normalized spacial score (nSPS) is 29.2. The van der Waals surface area contributed by atoms with Crippen LogP contribution >= 0.6 is 11.8 Å². The van der Waals surface area contributed by atoms with Crippen molar-refractivity contribution in [2.75, 3.05) is 37.7 Å². The molecule has 2 aromatic rings. The Bertz CT molecular complexity index is 929. The third kappa shape index (κ3) is 3.53. The lowest BCUT2D eigenvalue weighted by Gasteiger charge is -2.49. The molecule has 6 heterocycles. The quantitative estimate of drug-likeness (QED) is 0.830. The summed E-state index contributed by atoms with van der Waals surface area (Å²) in [5, 5.41) is 3.94. The molecule has 2 amide bonds. The Kier molecular flexibility index (Phi) is 4.99. The number of amides is 2. The number of pyridine rings is 1. The van der Waals surface area contributed by atoms with Crippen LogP contribution in [-0.4, -0.2) is 76.4 Å². The van der Waals surface area contributed by atoms with Gasteiger partial charge < -0.3 is 14.6 Å². The molecule has 6 rings (SSSR count). The maximum Gasteiger partial charge on any atom is 0.289 e. The van der Waals surface area contributed by atoms with Gasteiger partial charge in [-0.2, -0.15) is 11.8 Å². The molecule has 4 saturated heterocycles. The van der Waals surface area contributed by atoms with Crippen LogP contribution in [0.1, 0.15) is 40.8 Å². The standard InChI is InChI=1S/C21H26N4O3S/c1-13-19(14-2-4-24(13)5-3-14)23-20(26)16-11-17-15(12-22-16)10-18(28-17)21(27)25-6-8-29-9-7-25/h10-14,19H,2-9H2,1H3,(H,23,26)/t13-,19-/m0/s1.